The fourth-order valence-electron chi connectivity index (χ4n) is 2.15. The normalized spacial score (nSPS) is 11.9. The zero-order chi connectivity index (χ0) is 15.8. The highest BCUT2D eigenvalue weighted by Gasteiger charge is 2.22. The van der Waals surface area contributed by atoms with E-state index in [0.29, 0.717) is 17.4 Å². The van der Waals surface area contributed by atoms with E-state index in [4.69, 9.17) is 10.2 Å². The third-order valence-electron chi connectivity index (χ3n) is 2.87. The Bertz CT molecular complexity index is 664. The lowest BCUT2D eigenvalue weighted by molar-refractivity contribution is -0.117. The summed E-state index contributed by atoms with van der Waals surface area (Å²) in [5, 5.41) is 14.3. The largest absolute Gasteiger partial charge is 0.466 e. The third kappa shape index (κ3) is 3.69. The molecule has 2 aromatic heterocycles. The molecule has 0 aliphatic carbocycles. The summed E-state index contributed by atoms with van der Waals surface area (Å²) in [6.07, 6.45) is -0.0399. The molecule has 2 heterocycles. The Morgan fingerprint density at radius 3 is 2.62 bits per heavy atom. The number of primary amides is 1. The van der Waals surface area contributed by atoms with E-state index in [0.717, 1.165) is 11.3 Å². The Labute approximate surface area is 122 Å². The molecule has 0 spiro atoms. The number of hydrogen-bond acceptors (Lipinski definition) is 5. The lowest BCUT2D eigenvalue weighted by Gasteiger charge is -2.17. The lowest BCUT2D eigenvalue weighted by atomic mass is 10.1. The molecular formula is C14H20N4O3. The van der Waals surface area contributed by atoms with Gasteiger partial charge in [-0.25, -0.2) is 9.67 Å². The standard InChI is InChI=1S/C14H20N4O3/c1-8-5-10(9(2)21-8)13-16-12(6-11(15)19)17-18(13)7-14(3,4)20/h5,20H,6-7H2,1-4H3,(H2,15,19). The van der Waals surface area contributed by atoms with Crippen molar-refractivity contribution < 1.29 is 14.3 Å². The molecule has 0 aromatic carbocycles. The average molecular weight is 292 g/mol. The number of rotatable bonds is 5. The van der Waals surface area contributed by atoms with E-state index in [9.17, 15) is 9.90 Å². The van der Waals surface area contributed by atoms with Gasteiger partial charge in [0, 0.05) is 0 Å². The summed E-state index contributed by atoms with van der Waals surface area (Å²) in [7, 11) is 0. The predicted octanol–water partition coefficient (Wildman–Crippen LogP) is 0.954. The minimum atomic E-state index is -0.959. The maximum Gasteiger partial charge on any atom is 0.225 e. The molecule has 0 saturated heterocycles. The third-order valence-corrected chi connectivity index (χ3v) is 2.87. The van der Waals surface area contributed by atoms with Crippen LogP contribution in [0.5, 0.6) is 0 Å². The Balaban J connectivity index is 2.49. The second kappa shape index (κ2) is 5.33. The molecule has 0 bridgehead atoms. The van der Waals surface area contributed by atoms with Gasteiger partial charge in [0.2, 0.25) is 5.91 Å². The van der Waals surface area contributed by atoms with Crippen molar-refractivity contribution in [3.8, 4) is 11.4 Å². The predicted molar refractivity (Wildman–Crippen MR) is 76.4 cm³/mol. The first-order valence-electron chi connectivity index (χ1n) is 6.67. The summed E-state index contributed by atoms with van der Waals surface area (Å²) < 4.78 is 7.09. The van der Waals surface area contributed by atoms with Crippen molar-refractivity contribution in [2.75, 3.05) is 0 Å². The van der Waals surface area contributed by atoms with Gasteiger partial charge in [0.15, 0.2) is 11.6 Å². The van der Waals surface area contributed by atoms with Gasteiger partial charge in [-0.3, -0.25) is 4.79 Å². The molecule has 114 valence electrons. The van der Waals surface area contributed by atoms with Gasteiger partial charge < -0.3 is 15.3 Å². The highest BCUT2D eigenvalue weighted by molar-refractivity contribution is 5.75. The van der Waals surface area contributed by atoms with Crippen LogP contribution in [0.1, 0.15) is 31.2 Å². The Morgan fingerprint density at radius 1 is 1.48 bits per heavy atom. The SMILES string of the molecule is Cc1cc(-c2nc(CC(N)=O)nn2CC(C)(C)O)c(C)o1. The van der Waals surface area contributed by atoms with Crippen LogP contribution in [0.4, 0.5) is 0 Å². The van der Waals surface area contributed by atoms with Crippen LogP contribution >= 0.6 is 0 Å². The molecule has 0 unspecified atom stereocenters. The molecule has 2 aromatic rings. The van der Waals surface area contributed by atoms with Crippen molar-refractivity contribution in [3.63, 3.8) is 0 Å². The molecule has 7 nitrogen and oxygen atoms in total. The number of aryl methyl sites for hydroxylation is 2. The van der Waals surface area contributed by atoms with E-state index < -0.39 is 11.5 Å². The number of carbonyl (C=O) groups excluding carboxylic acids is 1. The van der Waals surface area contributed by atoms with Gasteiger partial charge in [-0.05, 0) is 33.8 Å². The van der Waals surface area contributed by atoms with Crippen LogP contribution in [0.25, 0.3) is 11.4 Å². The van der Waals surface area contributed by atoms with Crippen molar-refractivity contribution in [3.05, 3.63) is 23.4 Å². The Kier molecular flexibility index (Phi) is 3.87. The Morgan fingerprint density at radius 2 is 2.14 bits per heavy atom. The lowest BCUT2D eigenvalue weighted by Crippen LogP contribution is -2.27. The number of aliphatic hydroxyl groups is 1. The molecule has 0 aliphatic heterocycles. The van der Waals surface area contributed by atoms with Gasteiger partial charge in [-0.2, -0.15) is 5.10 Å². The molecule has 3 N–H and O–H groups in total. The molecule has 21 heavy (non-hydrogen) atoms. The number of nitrogens with zero attached hydrogens (tertiary/aromatic N) is 3. The molecule has 7 heteroatoms. The molecule has 0 saturated carbocycles. The molecule has 2 rings (SSSR count). The van der Waals surface area contributed by atoms with Crippen LogP contribution in [0.3, 0.4) is 0 Å². The number of carbonyl (C=O) groups is 1. The van der Waals surface area contributed by atoms with Crippen LogP contribution in [0.15, 0.2) is 10.5 Å². The first-order chi connectivity index (χ1) is 9.65. The van der Waals surface area contributed by atoms with Gasteiger partial charge in [-0.15, -0.1) is 0 Å². The molecule has 1 amide bonds. The van der Waals surface area contributed by atoms with E-state index in [1.165, 1.54) is 0 Å². The fraction of sp³-hybridized carbons (Fsp3) is 0.500. The number of nitrogens with two attached hydrogens (primary N) is 1. The number of aromatic nitrogens is 3. The summed E-state index contributed by atoms with van der Waals surface area (Å²) in [5.41, 5.74) is 5.02. The second-order valence-electron chi connectivity index (χ2n) is 5.79. The van der Waals surface area contributed by atoms with E-state index >= 15 is 0 Å². The first-order valence-corrected chi connectivity index (χ1v) is 6.67. The second-order valence-corrected chi connectivity index (χ2v) is 5.79. The van der Waals surface area contributed by atoms with Crippen LogP contribution in [-0.4, -0.2) is 31.4 Å². The summed E-state index contributed by atoms with van der Waals surface area (Å²) in [6.45, 7) is 7.29. The van der Waals surface area contributed by atoms with Crippen molar-refractivity contribution in [2.45, 2.75) is 46.3 Å². The number of hydrogen-bond donors (Lipinski definition) is 2. The highest BCUT2D eigenvalue weighted by Crippen LogP contribution is 2.26. The summed E-state index contributed by atoms with van der Waals surface area (Å²) in [6, 6.07) is 1.86. The van der Waals surface area contributed by atoms with Gasteiger partial charge in [0.25, 0.3) is 0 Å². The maximum absolute atomic E-state index is 11.0. The van der Waals surface area contributed by atoms with E-state index in [1.807, 2.05) is 19.9 Å². The van der Waals surface area contributed by atoms with Crippen LogP contribution in [-0.2, 0) is 17.8 Å². The molecule has 0 radical (unpaired) electrons. The van der Waals surface area contributed by atoms with E-state index in [2.05, 4.69) is 10.1 Å². The Hall–Kier alpha value is -2.15. The zero-order valence-corrected chi connectivity index (χ0v) is 12.7. The summed E-state index contributed by atoms with van der Waals surface area (Å²) in [5.74, 6) is 1.86. The summed E-state index contributed by atoms with van der Waals surface area (Å²) >= 11 is 0. The topological polar surface area (TPSA) is 107 Å². The van der Waals surface area contributed by atoms with Crippen LogP contribution < -0.4 is 5.73 Å². The molecular weight excluding hydrogens is 272 g/mol. The monoisotopic (exact) mass is 292 g/mol. The molecule has 0 aliphatic rings. The average Bonchev–Trinajstić information content (AvgIpc) is 2.79. The highest BCUT2D eigenvalue weighted by atomic mass is 16.3. The maximum atomic E-state index is 11.0. The van der Waals surface area contributed by atoms with Crippen molar-refractivity contribution in [1.29, 1.82) is 0 Å². The van der Waals surface area contributed by atoms with Gasteiger partial charge in [-0.1, -0.05) is 0 Å². The quantitative estimate of drug-likeness (QED) is 0.853. The van der Waals surface area contributed by atoms with E-state index in [-0.39, 0.29) is 13.0 Å². The van der Waals surface area contributed by atoms with Gasteiger partial charge in [0.1, 0.15) is 11.5 Å². The molecule has 0 atom stereocenters. The van der Waals surface area contributed by atoms with Crippen molar-refractivity contribution in [2.24, 2.45) is 5.73 Å². The smallest absolute Gasteiger partial charge is 0.225 e. The minimum Gasteiger partial charge on any atom is -0.466 e. The van der Waals surface area contributed by atoms with Gasteiger partial charge in [0.05, 0.1) is 24.1 Å². The summed E-state index contributed by atoms with van der Waals surface area (Å²) in [4.78, 5) is 15.4. The fourth-order valence-corrected chi connectivity index (χ4v) is 2.15. The van der Waals surface area contributed by atoms with Crippen LogP contribution in [0, 0.1) is 13.8 Å². The minimum absolute atomic E-state index is 0.0399. The number of amides is 1. The van der Waals surface area contributed by atoms with Gasteiger partial charge >= 0.3 is 0 Å². The zero-order valence-electron chi connectivity index (χ0n) is 12.7. The number of furan rings is 1. The molecule has 0 fully saturated rings. The first kappa shape index (κ1) is 15.2. The van der Waals surface area contributed by atoms with Crippen molar-refractivity contribution in [1.82, 2.24) is 14.8 Å². The van der Waals surface area contributed by atoms with Crippen LogP contribution in [0.2, 0.25) is 0 Å². The van der Waals surface area contributed by atoms with Crippen molar-refractivity contribution >= 4 is 5.91 Å². The van der Waals surface area contributed by atoms with E-state index in [1.54, 1.807) is 18.5 Å².